The van der Waals surface area contributed by atoms with Gasteiger partial charge in [-0.2, -0.15) is 0 Å². The van der Waals surface area contributed by atoms with Gasteiger partial charge in [0.15, 0.2) is 0 Å². The lowest BCUT2D eigenvalue weighted by Crippen LogP contribution is -2.21. The number of rotatable bonds is 4. The van der Waals surface area contributed by atoms with E-state index >= 15 is 0 Å². The molecule has 1 aliphatic rings. The number of nitrogens with one attached hydrogen (secondary N) is 2. The molecule has 0 fully saturated rings. The van der Waals surface area contributed by atoms with Crippen molar-refractivity contribution < 1.29 is 4.39 Å². The van der Waals surface area contributed by atoms with E-state index in [4.69, 9.17) is 4.98 Å². The van der Waals surface area contributed by atoms with Crippen molar-refractivity contribution in [2.45, 2.75) is 6.42 Å². The molecule has 5 heteroatoms. The van der Waals surface area contributed by atoms with Gasteiger partial charge in [0.05, 0.1) is 5.69 Å². The first-order chi connectivity index (χ1) is 12.8. The third-order valence-electron chi connectivity index (χ3n) is 4.28. The molecule has 3 heterocycles. The Morgan fingerprint density at radius 1 is 1.04 bits per heavy atom. The first-order valence-electron chi connectivity index (χ1n) is 8.63. The van der Waals surface area contributed by atoms with Crippen LogP contribution in [-0.4, -0.2) is 23.1 Å². The van der Waals surface area contributed by atoms with Crippen molar-refractivity contribution in [3.05, 3.63) is 78.4 Å². The van der Waals surface area contributed by atoms with Gasteiger partial charge in [-0.3, -0.25) is 4.98 Å². The Labute approximate surface area is 151 Å². The topological polar surface area (TPSA) is 49.8 Å². The van der Waals surface area contributed by atoms with Crippen LogP contribution < -0.4 is 10.6 Å². The second kappa shape index (κ2) is 7.45. The monoisotopic (exact) mass is 346 g/mol. The van der Waals surface area contributed by atoms with Crippen LogP contribution in [0, 0.1) is 5.82 Å². The van der Waals surface area contributed by atoms with Crippen LogP contribution in [0.2, 0.25) is 0 Å². The van der Waals surface area contributed by atoms with Crippen LogP contribution in [0.3, 0.4) is 0 Å². The third-order valence-corrected chi connectivity index (χ3v) is 4.28. The molecule has 0 atom stereocenters. The van der Waals surface area contributed by atoms with Crippen molar-refractivity contribution in [1.29, 1.82) is 0 Å². The smallest absolute Gasteiger partial charge is 0.131 e. The second-order valence-electron chi connectivity index (χ2n) is 6.20. The van der Waals surface area contributed by atoms with Gasteiger partial charge in [-0.1, -0.05) is 12.1 Å². The first kappa shape index (κ1) is 16.4. The Morgan fingerprint density at radius 3 is 2.77 bits per heavy atom. The maximum atomic E-state index is 13.5. The molecule has 0 saturated heterocycles. The third kappa shape index (κ3) is 3.78. The van der Waals surface area contributed by atoms with E-state index in [0.29, 0.717) is 11.5 Å². The van der Waals surface area contributed by atoms with Gasteiger partial charge < -0.3 is 10.6 Å². The number of hydrogen-bond acceptors (Lipinski definition) is 4. The van der Waals surface area contributed by atoms with Gasteiger partial charge in [0, 0.05) is 30.2 Å². The zero-order chi connectivity index (χ0) is 17.8. The number of nitrogens with zero attached hydrogens (tertiary/aromatic N) is 2. The Bertz CT molecular complexity index is 938. The number of anilines is 2. The molecular weight excluding hydrogens is 327 g/mol. The molecule has 26 heavy (non-hydrogen) atoms. The summed E-state index contributed by atoms with van der Waals surface area (Å²) in [6.45, 7) is 1.83. The lowest BCUT2D eigenvalue weighted by atomic mass is 10.0. The van der Waals surface area contributed by atoms with E-state index in [2.05, 4.69) is 27.8 Å². The molecule has 1 aromatic carbocycles. The summed E-state index contributed by atoms with van der Waals surface area (Å²) in [4.78, 5) is 8.89. The molecule has 1 aliphatic heterocycles. The zero-order valence-electron chi connectivity index (χ0n) is 14.2. The lowest BCUT2D eigenvalue weighted by Gasteiger charge is -2.17. The summed E-state index contributed by atoms with van der Waals surface area (Å²) in [5.41, 5.74) is 4.79. The van der Waals surface area contributed by atoms with Crippen molar-refractivity contribution in [2.75, 3.05) is 18.4 Å². The molecule has 0 radical (unpaired) electrons. The summed E-state index contributed by atoms with van der Waals surface area (Å²) < 4.78 is 13.5. The van der Waals surface area contributed by atoms with Crippen LogP contribution in [0.4, 0.5) is 15.9 Å². The maximum Gasteiger partial charge on any atom is 0.131 e. The molecule has 4 nitrogen and oxygen atoms in total. The van der Waals surface area contributed by atoms with Crippen LogP contribution in [0.15, 0.2) is 67.0 Å². The lowest BCUT2D eigenvalue weighted by molar-refractivity contribution is 0.628. The van der Waals surface area contributed by atoms with Crippen LogP contribution >= 0.6 is 0 Å². The standard InChI is InChI=1S/C21H19FN4/c22-18-6-1-7-19(12-18)25-21-11-17(15-4-2-8-23-13-15)10-20(26-21)16-5-3-9-24-14-16/h1,3-7,9-12,14,23H,2,8,13H2,(H,25,26). The Morgan fingerprint density at radius 2 is 2.00 bits per heavy atom. The Balaban J connectivity index is 1.76. The SMILES string of the molecule is Fc1cccc(Nc2cc(C3=CCCNC3)cc(-c3cccnc3)n2)c1. The Kier molecular flexibility index (Phi) is 4.71. The van der Waals surface area contributed by atoms with Crippen molar-refractivity contribution in [3.8, 4) is 11.3 Å². The summed E-state index contributed by atoms with van der Waals surface area (Å²) in [6, 6.07) is 14.3. The summed E-state index contributed by atoms with van der Waals surface area (Å²) in [5, 5.41) is 6.61. The summed E-state index contributed by atoms with van der Waals surface area (Å²) in [7, 11) is 0. The molecule has 0 saturated carbocycles. The summed E-state index contributed by atoms with van der Waals surface area (Å²) >= 11 is 0. The molecular formula is C21H19FN4. The number of hydrogen-bond donors (Lipinski definition) is 2. The van der Waals surface area contributed by atoms with Gasteiger partial charge in [0.2, 0.25) is 0 Å². The van der Waals surface area contributed by atoms with Gasteiger partial charge >= 0.3 is 0 Å². The van der Waals surface area contributed by atoms with Gasteiger partial charge in [-0.05, 0) is 66.6 Å². The normalized spacial score (nSPS) is 14.0. The molecule has 130 valence electrons. The van der Waals surface area contributed by atoms with Gasteiger partial charge in [-0.25, -0.2) is 9.37 Å². The Hall–Kier alpha value is -3.05. The fourth-order valence-corrected chi connectivity index (χ4v) is 3.02. The van der Waals surface area contributed by atoms with Crippen LogP contribution in [0.25, 0.3) is 16.8 Å². The predicted molar refractivity (Wildman–Crippen MR) is 103 cm³/mol. The molecule has 4 rings (SSSR count). The average Bonchev–Trinajstić information content (AvgIpc) is 2.69. The van der Waals surface area contributed by atoms with Gasteiger partial charge in [0.25, 0.3) is 0 Å². The van der Waals surface area contributed by atoms with E-state index in [1.165, 1.54) is 17.7 Å². The molecule has 0 amide bonds. The van der Waals surface area contributed by atoms with Crippen molar-refractivity contribution in [1.82, 2.24) is 15.3 Å². The van der Waals surface area contributed by atoms with Gasteiger partial charge in [0.1, 0.15) is 11.6 Å². The minimum Gasteiger partial charge on any atom is -0.340 e. The number of halogens is 1. The molecule has 2 N–H and O–H groups in total. The highest BCUT2D eigenvalue weighted by Crippen LogP contribution is 2.27. The minimum atomic E-state index is -0.280. The first-order valence-corrected chi connectivity index (χ1v) is 8.63. The number of benzene rings is 1. The highest BCUT2D eigenvalue weighted by molar-refractivity contribution is 5.75. The quantitative estimate of drug-likeness (QED) is 0.735. The fraction of sp³-hybridized carbons (Fsp3) is 0.143. The van der Waals surface area contributed by atoms with E-state index in [-0.39, 0.29) is 5.82 Å². The van der Waals surface area contributed by atoms with Crippen LogP contribution in [0.5, 0.6) is 0 Å². The van der Waals surface area contributed by atoms with Crippen LogP contribution in [0.1, 0.15) is 12.0 Å². The predicted octanol–water partition coefficient (Wildman–Crippen LogP) is 4.40. The second-order valence-corrected chi connectivity index (χ2v) is 6.20. The molecule has 0 spiro atoms. The molecule has 0 aliphatic carbocycles. The largest absolute Gasteiger partial charge is 0.340 e. The number of pyridine rings is 2. The average molecular weight is 346 g/mol. The highest BCUT2D eigenvalue weighted by atomic mass is 19.1. The van der Waals surface area contributed by atoms with Gasteiger partial charge in [-0.15, -0.1) is 0 Å². The molecule has 2 aromatic heterocycles. The highest BCUT2D eigenvalue weighted by Gasteiger charge is 2.11. The van der Waals surface area contributed by atoms with E-state index < -0.39 is 0 Å². The van der Waals surface area contributed by atoms with Crippen LogP contribution in [-0.2, 0) is 0 Å². The van der Waals surface area contributed by atoms with Crippen molar-refractivity contribution >= 4 is 17.1 Å². The zero-order valence-corrected chi connectivity index (χ0v) is 14.2. The van der Waals surface area contributed by atoms with E-state index in [1.54, 1.807) is 18.5 Å². The minimum absolute atomic E-state index is 0.280. The van der Waals surface area contributed by atoms with E-state index in [0.717, 1.165) is 36.3 Å². The van der Waals surface area contributed by atoms with Crippen molar-refractivity contribution in [3.63, 3.8) is 0 Å². The number of aromatic nitrogens is 2. The van der Waals surface area contributed by atoms with E-state index in [9.17, 15) is 4.39 Å². The maximum absolute atomic E-state index is 13.5. The molecule has 0 unspecified atom stereocenters. The summed E-state index contributed by atoms with van der Waals surface area (Å²) in [5.74, 6) is 0.399. The fourth-order valence-electron chi connectivity index (χ4n) is 3.02. The van der Waals surface area contributed by atoms with E-state index in [1.807, 2.05) is 24.3 Å². The molecule has 3 aromatic rings. The summed E-state index contributed by atoms with van der Waals surface area (Å²) in [6.07, 6.45) is 6.80. The van der Waals surface area contributed by atoms with Crippen molar-refractivity contribution in [2.24, 2.45) is 0 Å². The molecule has 0 bridgehead atoms.